The van der Waals surface area contributed by atoms with Crippen molar-refractivity contribution >= 4 is 0 Å². The third kappa shape index (κ3) is 5.62. The normalized spacial score (nSPS) is 15.7. The van der Waals surface area contributed by atoms with Gasteiger partial charge in [-0.25, -0.2) is 0 Å². The summed E-state index contributed by atoms with van der Waals surface area (Å²) in [6.07, 6.45) is -4.60. The predicted octanol–water partition coefficient (Wildman–Crippen LogP) is 1.68. The lowest BCUT2D eigenvalue weighted by Crippen LogP contribution is -2.26. The van der Waals surface area contributed by atoms with E-state index in [1.54, 1.807) is 6.92 Å². The summed E-state index contributed by atoms with van der Waals surface area (Å²) < 4.78 is 34.2. The van der Waals surface area contributed by atoms with Crippen molar-refractivity contribution in [3.05, 3.63) is 0 Å². The molecule has 56 valence electrons. The Balaban J connectivity index is 3.47. The molecular weight excluding hydrogens is 131 g/mol. The molecule has 0 saturated carbocycles. The Kier molecular flexibility index (Phi) is 2.97. The molecule has 0 aliphatic rings. The van der Waals surface area contributed by atoms with Crippen LogP contribution < -0.4 is 5.73 Å². The summed E-state index contributed by atoms with van der Waals surface area (Å²) in [4.78, 5) is 0. The van der Waals surface area contributed by atoms with Gasteiger partial charge >= 0.3 is 6.18 Å². The first kappa shape index (κ1) is 8.75. The van der Waals surface area contributed by atoms with Crippen LogP contribution in [-0.4, -0.2) is 12.2 Å². The maximum Gasteiger partial charge on any atom is 0.390 e. The quantitative estimate of drug-likeness (QED) is 0.622. The maximum atomic E-state index is 11.4. The van der Waals surface area contributed by atoms with Gasteiger partial charge in [0.25, 0.3) is 0 Å². The lowest BCUT2D eigenvalue weighted by Gasteiger charge is -2.10. The van der Waals surface area contributed by atoms with E-state index in [0.29, 0.717) is 6.42 Å². The molecule has 0 fully saturated rings. The Morgan fingerprint density at radius 1 is 1.44 bits per heavy atom. The molecule has 9 heavy (non-hydrogen) atoms. The molecule has 1 unspecified atom stereocenters. The fourth-order valence-corrected chi connectivity index (χ4v) is 0.442. The van der Waals surface area contributed by atoms with Gasteiger partial charge in [0.05, 0.1) is 6.42 Å². The minimum atomic E-state index is -4.10. The SMILES string of the molecule is CCC(N)CC(F)(F)F. The molecule has 0 aromatic carbocycles. The highest BCUT2D eigenvalue weighted by Gasteiger charge is 2.29. The lowest BCUT2D eigenvalue weighted by molar-refractivity contribution is -0.138. The van der Waals surface area contributed by atoms with E-state index >= 15 is 0 Å². The standard InChI is InChI=1S/C5H10F3N/c1-2-4(9)3-5(6,7)8/h4H,2-3,9H2,1H3. The third-order valence-electron chi connectivity index (χ3n) is 1.02. The van der Waals surface area contributed by atoms with Gasteiger partial charge in [0.1, 0.15) is 0 Å². The Bertz CT molecular complexity index is 78.8. The number of alkyl halides is 3. The molecule has 0 saturated heterocycles. The van der Waals surface area contributed by atoms with Crippen LogP contribution in [0.1, 0.15) is 19.8 Å². The molecular formula is C5H10F3N. The number of rotatable bonds is 2. The predicted molar refractivity (Wildman–Crippen MR) is 28.9 cm³/mol. The summed E-state index contributed by atoms with van der Waals surface area (Å²) in [5.74, 6) is 0. The van der Waals surface area contributed by atoms with Crippen LogP contribution in [0.2, 0.25) is 0 Å². The van der Waals surface area contributed by atoms with Crippen molar-refractivity contribution in [2.24, 2.45) is 5.73 Å². The van der Waals surface area contributed by atoms with Gasteiger partial charge in [0.2, 0.25) is 0 Å². The van der Waals surface area contributed by atoms with Crippen LogP contribution in [-0.2, 0) is 0 Å². The fraction of sp³-hybridized carbons (Fsp3) is 1.00. The molecule has 0 aromatic heterocycles. The van der Waals surface area contributed by atoms with Crippen LogP contribution in [0, 0.1) is 0 Å². The van der Waals surface area contributed by atoms with Crippen LogP contribution in [0.15, 0.2) is 0 Å². The molecule has 0 spiro atoms. The molecule has 1 nitrogen and oxygen atoms in total. The second-order valence-electron chi connectivity index (χ2n) is 1.99. The van der Waals surface area contributed by atoms with Crippen molar-refractivity contribution in [2.45, 2.75) is 32.0 Å². The largest absolute Gasteiger partial charge is 0.390 e. The molecule has 0 aromatic rings. The minimum Gasteiger partial charge on any atom is -0.327 e. The van der Waals surface area contributed by atoms with Gasteiger partial charge in [-0.1, -0.05) is 6.92 Å². The molecule has 4 heteroatoms. The average molecular weight is 141 g/mol. The topological polar surface area (TPSA) is 26.0 Å². The lowest BCUT2D eigenvalue weighted by atomic mass is 10.2. The third-order valence-corrected chi connectivity index (χ3v) is 1.02. The first-order valence-corrected chi connectivity index (χ1v) is 2.78. The second kappa shape index (κ2) is 3.06. The van der Waals surface area contributed by atoms with E-state index in [0.717, 1.165) is 0 Å². The Morgan fingerprint density at radius 3 is 2.00 bits per heavy atom. The van der Waals surface area contributed by atoms with Gasteiger partial charge in [-0.3, -0.25) is 0 Å². The van der Waals surface area contributed by atoms with E-state index in [1.807, 2.05) is 0 Å². The van der Waals surface area contributed by atoms with Crippen LogP contribution in [0.25, 0.3) is 0 Å². The summed E-state index contributed by atoms with van der Waals surface area (Å²) in [5.41, 5.74) is 5.04. The molecule has 0 aliphatic carbocycles. The first-order chi connectivity index (χ1) is 3.95. The highest BCUT2D eigenvalue weighted by molar-refractivity contribution is 4.63. The molecule has 0 heterocycles. The number of hydrogen-bond acceptors (Lipinski definition) is 1. The van der Waals surface area contributed by atoms with Gasteiger partial charge in [-0.2, -0.15) is 13.2 Å². The van der Waals surface area contributed by atoms with E-state index in [2.05, 4.69) is 0 Å². The van der Waals surface area contributed by atoms with Crippen LogP contribution in [0.4, 0.5) is 13.2 Å². The molecule has 0 rings (SSSR count). The van der Waals surface area contributed by atoms with Gasteiger partial charge < -0.3 is 5.73 Å². The monoisotopic (exact) mass is 141 g/mol. The van der Waals surface area contributed by atoms with E-state index in [-0.39, 0.29) is 0 Å². The molecule has 0 radical (unpaired) electrons. The van der Waals surface area contributed by atoms with Crippen molar-refractivity contribution in [3.8, 4) is 0 Å². The van der Waals surface area contributed by atoms with Crippen LogP contribution >= 0.6 is 0 Å². The number of hydrogen-bond donors (Lipinski definition) is 1. The van der Waals surface area contributed by atoms with Gasteiger partial charge in [0.15, 0.2) is 0 Å². The average Bonchev–Trinajstić information content (AvgIpc) is 1.62. The Hall–Kier alpha value is -0.250. The van der Waals surface area contributed by atoms with Gasteiger partial charge in [-0.15, -0.1) is 0 Å². The van der Waals surface area contributed by atoms with Crippen molar-refractivity contribution in [3.63, 3.8) is 0 Å². The van der Waals surface area contributed by atoms with Gasteiger partial charge in [-0.05, 0) is 6.42 Å². The zero-order valence-corrected chi connectivity index (χ0v) is 5.20. The summed E-state index contributed by atoms with van der Waals surface area (Å²) in [7, 11) is 0. The maximum absolute atomic E-state index is 11.4. The molecule has 2 N–H and O–H groups in total. The zero-order chi connectivity index (χ0) is 7.49. The summed E-state index contributed by atoms with van der Waals surface area (Å²) in [6, 6.07) is -0.731. The molecule has 0 bridgehead atoms. The highest BCUT2D eigenvalue weighted by Crippen LogP contribution is 2.21. The summed E-state index contributed by atoms with van der Waals surface area (Å²) in [6.45, 7) is 1.64. The molecule has 0 amide bonds. The zero-order valence-electron chi connectivity index (χ0n) is 5.20. The smallest absolute Gasteiger partial charge is 0.327 e. The van der Waals surface area contributed by atoms with Crippen molar-refractivity contribution in [1.82, 2.24) is 0 Å². The van der Waals surface area contributed by atoms with Crippen LogP contribution in [0.3, 0.4) is 0 Å². The molecule has 0 aliphatic heterocycles. The van der Waals surface area contributed by atoms with Crippen LogP contribution in [0.5, 0.6) is 0 Å². The van der Waals surface area contributed by atoms with Crippen molar-refractivity contribution < 1.29 is 13.2 Å². The van der Waals surface area contributed by atoms with E-state index in [4.69, 9.17) is 5.73 Å². The van der Waals surface area contributed by atoms with Gasteiger partial charge in [0, 0.05) is 6.04 Å². The van der Waals surface area contributed by atoms with E-state index in [9.17, 15) is 13.2 Å². The van der Waals surface area contributed by atoms with E-state index in [1.165, 1.54) is 0 Å². The first-order valence-electron chi connectivity index (χ1n) is 2.78. The number of nitrogens with two attached hydrogens (primary N) is 1. The highest BCUT2D eigenvalue weighted by atomic mass is 19.4. The number of halogens is 3. The van der Waals surface area contributed by atoms with Crippen molar-refractivity contribution in [2.75, 3.05) is 0 Å². The summed E-state index contributed by atoms with van der Waals surface area (Å²) >= 11 is 0. The Morgan fingerprint density at radius 2 is 1.89 bits per heavy atom. The molecule has 1 atom stereocenters. The minimum absolute atomic E-state index is 0.375. The van der Waals surface area contributed by atoms with Crippen molar-refractivity contribution in [1.29, 1.82) is 0 Å². The fourth-order valence-electron chi connectivity index (χ4n) is 0.442. The second-order valence-corrected chi connectivity index (χ2v) is 1.99. The Labute approximate surface area is 52.0 Å². The van der Waals surface area contributed by atoms with E-state index < -0.39 is 18.6 Å². The summed E-state index contributed by atoms with van der Waals surface area (Å²) in [5, 5.41) is 0.